The van der Waals surface area contributed by atoms with Crippen LogP contribution in [0, 0.1) is 0 Å². The van der Waals surface area contributed by atoms with E-state index in [2.05, 4.69) is 18.7 Å². The molecule has 6 nitrogen and oxygen atoms in total. The highest BCUT2D eigenvalue weighted by molar-refractivity contribution is 7.99. The lowest BCUT2D eigenvalue weighted by atomic mass is 9.92. The Morgan fingerprint density at radius 1 is 1.43 bits per heavy atom. The van der Waals surface area contributed by atoms with Crippen LogP contribution in [0.15, 0.2) is 11.1 Å². The number of anilines is 1. The number of carbonyl (C=O) groups is 1. The van der Waals surface area contributed by atoms with Crippen LogP contribution in [-0.2, 0) is 27.3 Å². The number of carboxylic acids is 1. The van der Waals surface area contributed by atoms with Crippen molar-refractivity contribution >= 4 is 23.5 Å². The number of morpholine rings is 1. The van der Waals surface area contributed by atoms with Crippen molar-refractivity contribution in [1.82, 2.24) is 4.98 Å². The van der Waals surface area contributed by atoms with Crippen molar-refractivity contribution in [3.05, 3.63) is 17.2 Å². The van der Waals surface area contributed by atoms with Gasteiger partial charge in [-0.1, -0.05) is 11.8 Å². The maximum absolute atomic E-state index is 10.9. The summed E-state index contributed by atoms with van der Waals surface area (Å²) < 4.78 is 11.4. The van der Waals surface area contributed by atoms with E-state index in [1.807, 2.05) is 6.07 Å². The van der Waals surface area contributed by atoms with Gasteiger partial charge in [-0.05, 0) is 25.5 Å². The summed E-state index contributed by atoms with van der Waals surface area (Å²) in [4.78, 5) is 17.8. The van der Waals surface area contributed by atoms with Gasteiger partial charge in [0.1, 0.15) is 5.82 Å². The van der Waals surface area contributed by atoms with E-state index in [-0.39, 0.29) is 11.4 Å². The molecule has 1 aromatic rings. The number of ether oxygens (including phenoxy) is 2. The number of rotatable bonds is 4. The monoisotopic (exact) mass is 338 g/mol. The lowest BCUT2D eigenvalue weighted by Crippen LogP contribution is -2.39. The molecule has 1 saturated heterocycles. The van der Waals surface area contributed by atoms with Gasteiger partial charge in [0.05, 0.1) is 36.2 Å². The number of hydrogen-bond donors (Lipinski definition) is 1. The molecule has 126 valence electrons. The van der Waals surface area contributed by atoms with Crippen molar-refractivity contribution in [2.75, 3.05) is 37.0 Å². The summed E-state index contributed by atoms with van der Waals surface area (Å²) in [5.41, 5.74) is 2.14. The fourth-order valence-electron chi connectivity index (χ4n) is 2.92. The summed E-state index contributed by atoms with van der Waals surface area (Å²) >= 11 is 1.27. The molecule has 0 atom stereocenters. The highest BCUT2D eigenvalue weighted by Crippen LogP contribution is 2.35. The molecule has 2 aliphatic heterocycles. The summed E-state index contributed by atoms with van der Waals surface area (Å²) in [6.07, 6.45) is 0.808. The first-order valence-electron chi connectivity index (χ1n) is 7.79. The third kappa shape index (κ3) is 3.97. The third-order valence-electron chi connectivity index (χ3n) is 4.05. The smallest absolute Gasteiger partial charge is 0.313 e. The van der Waals surface area contributed by atoms with Crippen molar-refractivity contribution in [3.63, 3.8) is 0 Å². The third-order valence-corrected chi connectivity index (χ3v) is 4.95. The highest BCUT2D eigenvalue weighted by atomic mass is 32.2. The van der Waals surface area contributed by atoms with E-state index in [1.54, 1.807) is 0 Å². The van der Waals surface area contributed by atoms with E-state index in [0.717, 1.165) is 35.9 Å². The van der Waals surface area contributed by atoms with Gasteiger partial charge in [-0.3, -0.25) is 4.79 Å². The Balaban J connectivity index is 1.95. The zero-order chi connectivity index (χ0) is 16.4. The first kappa shape index (κ1) is 16.5. The Kier molecular flexibility index (Phi) is 4.79. The average molecular weight is 338 g/mol. The van der Waals surface area contributed by atoms with Crippen LogP contribution in [0.3, 0.4) is 0 Å². The molecular weight excluding hydrogens is 316 g/mol. The van der Waals surface area contributed by atoms with Crippen LogP contribution in [-0.4, -0.2) is 53.7 Å². The lowest BCUT2D eigenvalue weighted by Gasteiger charge is -2.36. The molecule has 1 aromatic heterocycles. The van der Waals surface area contributed by atoms with Crippen LogP contribution in [0.1, 0.15) is 25.0 Å². The van der Waals surface area contributed by atoms with Gasteiger partial charge in [-0.25, -0.2) is 4.98 Å². The lowest BCUT2D eigenvalue weighted by molar-refractivity contribution is -0.133. The molecule has 23 heavy (non-hydrogen) atoms. The number of nitrogens with zero attached hydrogens (tertiary/aromatic N) is 2. The van der Waals surface area contributed by atoms with Gasteiger partial charge >= 0.3 is 5.97 Å². The molecule has 0 unspecified atom stereocenters. The Hall–Kier alpha value is -1.31. The summed E-state index contributed by atoms with van der Waals surface area (Å²) in [5, 5.41) is 9.69. The molecule has 0 spiro atoms. The number of aromatic nitrogens is 1. The fourth-order valence-corrected chi connectivity index (χ4v) is 3.57. The number of pyridine rings is 1. The first-order valence-corrected chi connectivity index (χ1v) is 8.77. The van der Waals surface area contributed by atoms with Crippen LogP contribution < -0.4 is 4.90 Å². The normalized spacial score (nSPS) is 20.2. The minimum absolute atomic E-state index is 0.0221. The summed E-state index contributed by atoms with van der Waals surface area (Å²) in [7, 11) is 0. The number of carboxylic acid groups (broad SMARTS) is 1. The van der Waals surface area contributed by atoms with E-state index in [9.17, 15) is 4.79 Å². The number of aliphatic carboxylic acids is 1. The Morgan fingerprint density at radius 2 is 2.17 bits per heavy atom. The fraction of sp³-hybridized carbons (Fsp3) is 0.625. The summed E-state index contributed by atoms with van der Waals surface area (Å²) in [5.74, 6) is 0.120. The Morgan fingerprint density at radius 3 is 2.87 bits per heavy atom. The van der Waals surface area contributed by atoms with E-state index < -0.39 is 5.97 Å². The predicted octanol–water partition coefficient (Wildman–Crippen LogP) is 1.95. The van der Waals surface area contributed by atoms with E-state index >= 15 is 0 Å². The van der Waals surface area contributed by atoms with Gasteiger partial charge in [0.2, 0.25) is 0 Å². The summed E-state index contributed by atoms with van der Waals surface area (Å²) in [6, 6.07) is 2.02. The van der Waals surface area contributed by atoms with Crippen LogP contribution in [0.25, 0.3) is 0 Å². The van der Waals surface area contributed by atoms with Gasteiger partial charge in [0.15, 0.2) is 0 Å². The summed E-state index contributed by atoms with van der Waals surface area (Å²) in [6.45, 7) is 7.69. The van der Waals surface area contributed by atoms with Gasteiger partial charge in [-0.15, -0.1) is 0 Å². The molecule has 0 aliphatic carbocycles. The molecule has 0 radical (unpaired) electrons. The molecule has 2 aliphatic rings. The average Bonchev–Trinajstić information content (AvgIpc) is 2.51. The number of hydrogen-bond acceptors (Lipinski definition) is 6. The van der Waals surface area contributed by atoms with Crippen molar-refractivity contribution in [2.45, 2.75) is 37.5 Å². The first-order chi connectivity index (χ1) is 10.9. The van der Waals surface area contributed by atoms with Gasteiger partial charge in [0.25, 0.3) is 0 Å². The molecule has 1 fully saturated rings. The predicted molar refractivity (Wildman–Crippen MR) is 88.2 cm³/mol. The maximum Gasteiger partial charge on any atom is 0.313 e. The molecule has 0 amide bonds. The van der Waals surface area contributed by atoms with Crippen LogP contribution in [0.4, 0.5) is 5.82 Å². The molecular formula is C16H22N2O4S. The number of fused-ring (bicyclic) bond motifs is 1. The van der Waals surface area contributed by atoms with Crippen molar-refractivity contribution in [1.29, 1.82) is 0 Å². The second-order valence-electron chi connectivity index (χ2n) is 6.43. The van der Waals surface area contributed by atoms with E-state index in [4.69, 9.17) is 19.6 Å². The van der Waals surface area contributed by atoms with Crippen molar-refractivity contribution < 1.29 is 19.4 Å². The molecule has 3 rings (SSSR count). The van der Waals surface area contributed by atoms with E-state index in [1.165, 1.54) is 17.3 Å². The molecule has 0 saturated carbocycles. The highest BCUT2D eigenvalue weighted by Gasteiger charge is 2.30. The molecule has 0 aromatic carbocycles. The topological polar surface area (TPSA) is 71.9 Å². The molecule has 1 N–H and O–H groups in total. The van der Waals surface area contributed by atoms with Gasteiger partial charge in [-0.2, -0.15) is 0 Å². The van der Waals surface area contributed by atoms with Crippen molar-refractivity contribution in [3.8, 4) is 0 Å². The largest absolute Gasteiger partial charge is 0.481 e. The SMILES string of the molecule is CC1(C)Cc2cc(SCC(=O)O)nc(N3CCOCC3)c2CO1. The maximum atomic E-state index is 10.9. The zero-order valence-corrected chi connectivity index (χ0v) is 14.3. The standard InChI is InChI=1S/C16H22N2O4S/c1-16(2)8-11-7-13(23-10-14(19)20)17-15(12(11)9-22-16)18-3-5-21-6-4-18/h7H,3-6,8-10H2,1-2H3,(H,19,20). The minimum Gasteiger partial charge on any atom is -0.481 e. The Labute approximate surface area is 140 Å². The minimum atomic E-state index is -0.828. The van der Waals surface area contributed by atoms with Crippen LogP contribution in [0.2, 0.25) is 0 Å². The molecule has 7 heteroatoms. The quantitative estimate of drug-likeness (QED) is 0.841. The van der Waals surface area contributed by atoms with Crippen LogP contribution in [0.5, 0.6) is 0 Å². The van der Waals surface area contributed by atoms with Crippen LogP contribution >= 0.6 is 11.8 Å². The van der Waals surface area contributed by atoms with Gasteiger partial charge in [0, 0.05) is 25.1 Å². The zero-order valence-electron chi connectivity index (χ0n) is 13.5. The van der Waals surface area contributed by atoms with Gasteiger partial charge < -0.3 is 19.5 Å². The second-order valence-corrected chi connectivity index (χ2v) is 7.42. The molecule has 3 heterocycles. The second kappa shape index (κ2) is 6.67. The van der Waals surface area contributed by atoms with E-state index in [0.29, 0.717) is 19.8 Å². The number of thioether (sulfide) groups is 1. The Bertz CT molecular complexity index is 600. The molecule has 0 bridgehead atoms. The van der Waals surface area contributed by atoms with Crippen molar-refractivity contribution in [2.24, 2.45) is 0 Å².